The summed E-state index contributed by atoms with van der Waals surface area (Å²) in [4.78, 5) is 16.1. The number of amides is 1. The van der Waals surface area contributed by atoms with Crippen LogP contribution in [0.25, 0.3) is 0 Å². The van der Waals surface area contributed by atoms with E-state index in [-0.39, 0.29) is 5.91 Å². The van der Waals surface area contributed by atoms with Gasteiger partial charge in [0.05, 0.1) is 11.3 Å². The minimum Gasteiger partial charge on any atom is -0.385 e. The molecule has 1 atom stereocenters. The van der Waals surface area contributed by atoms with Gasteiger partial charge in [0.2, 0.25) is 0 Å². The molecule has 1 aromatic heterocycles. The van der Waals surface area contributed by atoms with Gasteiger partial charge in [0, 0.05) is 25.5 Å². The molecule has 4 nitrogen and oxygen atoms in total. The molecule has 98 valence electrons. The summed E-state index contributed by atoms with van der Waals surface area (Å²) in [5, 5.41) is 6.17. The molecule has 4 heteroatoms. The number of hydrogen-bond acceptors (Lipinski definition) is 3. The van der Waals surface area contributed by atoms with Crippen LogP contribution in [0.1, 0.15) is 37.6 Å². The van der Waals surface area contributed by atoms with Crippen LogP contribution in [0.2, 0.25) is 0 Å². The lowest BCUT2D eigenvalue weighted by Gasteiger charge is -2.11. The molecule has 1 saturated carbocycles. The van der Waals surface area contributed by atoms with E-state index >= 15 is 0 Å². The molecule has 1 amide bonds. The van der Waals surface area contributed by atoms with Crippen molar-refractivity contribution in [1.82, 2.24) is 10.3 Å². The SMILES string of the molecule is CCNc1ccncc1C(=O)NCC1CC1(C)C. The zero-order valence-corrected chi connectivity index (χ0v) is 11.3. The zero-order valence-electron chi connectivity index (χ0n) is 11.3. The van der Waals surface area contributed by atoms with Crippen LogP contribution in [0.4, 0.5) is 5.69 Å². The number of carbonyl (C=O) groups excluding carboxylic acids is 1. The molecule has 1 aliphatic rings. The zero-order chi connectivity index (χ0) is 13.2. The number of nitrogens with one attached hydrogen (secondary N) is 2. The number of aromatic nitrogens is 1. The monoisotopic (exact) mass is 247 g/mol. The van der Waals surface area contributed by atoms with Crippen LogP contribution in [0, 0.1) is 11.3 Å². The van der Waals surface area contributed by atoms with E-state index in [0.29, 0.717) is 16.9 Å². The first-order valence-electron chi connectivity index (χ1n) is 6.50. The van der Waals surface area contributed by atoms with Crippen LogP contribution in [0.15, 0.2) is 18.5 Å². The van der Waals surface area contributed by atoms with Crippen molar-refractivity contribution < 1.29 is 4.79 Å². The summed E-state index contributed by atoms with van der Waals surface area (Å²) < 4.78 is 0. The average molecular weight is 247 g/mol. The first kappa shape index (κ1) is 12.9. The summed E-state index contributed by atoms with van der Waals surface area (Å²) in [6.45, 7) is 8.02. The third-order valence-electron chi connectivity index (χ3n) is 3.66. The molecule has 1 heterocycles. The minimum atomic E-state index is -0.0400. The molecule has 18 heavy (non-hydrogen) atoms. The third kappa shape index (κ3) is 2.81. The highest BCUT2D eigenvalue weighted by atomic mass is 16.1. The van der Waals surface area contributed by atoms with E-state index in [1.807, 2.05) is 13.0 Å². The van der Waals surface area contributed by atoms with Crippen molar-refractivity contribution in [3.8, 4) is 0 Å². The Hall–Kier alpha value is -1.58. The van der Waals surface area contributed by atoms with Crippen LogP contribution < -0.4 is 10.6 Å². The quantitative estimate of drug-likeness (QED) is 0.839. The van der Waals surface area contributed by atoms with Crippen molar-refractivity contribution in [3.63, 3.8) is 0 Å². The third-order valence-corrected chi connectivity index (χ3v) is 3.66. The topological polar surface area (TPSA) is 54.0 Å². The lowest BCUT2D eigenvalue weighted by Crippen LogP contribution is -2.27. The fourth-order valence-corrected chi connectivity index (χ4v) is 2.16. The van der Waals surface area contributed by atoms with Crippen molar-refractivity contribution >= 4 is 11.6 Å². The van der Waals surface area contributed by atoms with E-state index < -0.39 is 0 Å². The molecule has 0 bridgehead atoms. The second-order valence-electron chi connectivity index (χ2n) is 5.55. The van der Waals surface area contributed by atoms with Gasteiger partial charge in [-0.25, -0.2) is 0 Å². The predicted octanol–water partition coefficient (Wildman–Crippen LogP) is 2.29. The maximum Gasteiger partial charge on any atom is 0.254 e. The van der Waals surface area contributed by atoms with Gasteiger partial charge in [0.25, 0.3) is 5.91 Å². The van der Waals surface area contributed by atoms with Crippen LogP contribution >= 0.6 is 0 Å². The highest BCUT2D eigenvalue weighted by Gasteiger charge is 2.45. The van der Waals surface area contributed by atoms with E-state index in [1.165, 1.54) is 6.42 Å². The number of nitrogens with zero attached hydrogens (tertiary/aromatic N) is 1. The predicted molar refractivity (Wildman–Crippen MR) is 72.6 cm³/mol. The smallest absolute Gasteiger partial charge is 0.254 e. The molecule has 0 aromatic carbocycles. The molecule has 1 unspecified atom stereocenters. The molecule has 0 saturated heterocycles. The highest BCUT2D eigenvalue weighted by Crippen LogP contribution is 2.50. The summed E-state index contributed by atoms with van der Waals surface area (Å²) in [6, 6.07) is 1.83. The fourth-order valence-electron chi connectivity index (χ4n) is 2.16. The molecule has 0 aliphatic heterocycles. The summed E-state index contributed by atoms with van der Waals surface area (Å²) >= 11 is 0. The van der Waals surface area contributed by atoms with Gasteiger partial charge in [-0.05, 0) is 30.7 Å². The van der Waals surface area contributed by atoms with Crippen molar-refractivity contribution in [2.45, 2.75) is 27.2 Å². The first-order chi connectivity index (χ1) is 8.54. The van der Waals surface area contributed by atoms with E-state index in [2.05, 4.69) is 29.5 Å². The van der Waals surface area contributed by atoms with Gasteiger partial charge in [-0.3, -0.25) is 9.78 Å². The lowest BCUT2D eigenvalue weighted by molar-refractivity contribution is 0.0951. The van der Waals surface area contributed by atoms with Gasteiger partial charge in [0.15, 0.2) is 0 Å². The molecule has 2 rings (SSSR count). The van der Waals surface area contributed by atoms with Gasteiger partial charge in [0.1, 0.15) is 0 Å². The van der Waals surface area contributed by atoms with Gasteiger partial charge in [-0.15, -0.1) is 0 Å². The van der Waals surface area contributed by atoms with Crippen molar-refractivity contribution in [3.05, 3.63) is 24.0 Å². The van der Waals surface area contributed by atoms with E-state index in [1.54, 1.807) is 12.4 Å². The number of hydrogen-bond donors (Lipinski definition) is 2. The molecule has 0 radical (unpaired) electrons. The van der Waals surface area contributed by atoms with Crippen LogP contribution in [0.5, 0.6) is 0 Å². The molecule has 2 N–H and O–H groups in total. The molecule has 1 aliphatic carbocycles. The molecular weight excluding hydrogens is 226 g/mol. The normalized spacial score (nSPS) is 20.3. The lowest BCUT2D eigenvalue weighted by atomic mass is 10.1. The Labute approximate surface area is 108 Å². The largest absolute Gasteiger partial charge is 0.385 e. The Balaban J connectivity index is 1.96. The Kier molecular flexibility index (Phi) is 3.55. The Morgan fingerprint density at radius 2 is 2.28 bits per heavy atom. The van der Waals surface area contributed by atoms with E-state index in [9.17, 15) is 4.79 Å². The van der Waals surface area contributed by atoms with E-state index in [0.717, 1.165) is 18.8 Å². The maximum atomic E-state index is 12.1. The standard InChI is InChI=1S/C14H21N3O/c1-4-16-12-5-6-15-9-11(12)13(18)17-8-10-7-14(10,2)3/h5-6,9-10H,4,7-8H2,1-3H3,(H,15,16)(H,17,18). The summed E-state index contributed by atoms with van der Waals surface area (Å²) in [7, 11) is 0. The maximum absolute atomic E-state index is 12.1. The average Bonchev–Trinajstić information content (AvgIpc) is 2.95. The highest BCUT2D eigenvalue weighted by molar-refractivity contribution is 5.99. The molecule has 0 spiro atoms. The van der Waals surface area contributed by atoms with Crippen LogP contribution in [-0.4, -0.2) is 24.0 Å². The minimum absolute atomic E-state index is 0.0400. The van der Waals surface area contributed by atoms with Crippen molar-refractivity contribution in [2.75, 3.05) is 18.4 Å². The molecule has 1 fully saturated rings. The van der Waals surface area contributed by atoms with Gasteiger partial charge >= 0.3 is 0 Å². The Bertz CT molecular complexity index is 442. The van der Waals surface area contributed by atoms with Crippen molar-refractivity contribution in [2.24, 2.45) is 11.3 Å². The van der Waals surface area contributed by atoms with E-state index in [4.69, 9.17) is 0 Å². The molecule has 1 aromatic rings. The summed E-state index contributed by atoms with van der Waals surface area (Å²) in [5.74, 6) is 0.572. The first-order valence-corrected chi connectivity index (χ1v) is 6.50. The van der Waals surface area contributed by atoms with Gasteiger partial charge < -0.3 is 10.6 Å². The summed E-state index contributed by atoms with van der Waals surface area (Å²) in [6.07, 6.45) is 4.50. The van der Waals surface area contributed by atoms with Gasteiger partial charge in [-0.2, -0.15) is 0 Å². The second kappa shape index (κ2) is 4.96. The van der Waals surface area contributed by atoms with Gasteiger partial charge in [-0.1, -0.05) is 13.8 Å². The number of pyridine rings is 1. The van der Waals surface area contributed by atoms with Crippen molar-refractivity contribution in [1.29, 1.82) is 0 Å². The fraction of sp³-hybridized carbons (Fsp3) is 0.571. The second-order valence-corrected chi connectivity index (χ2v) is 5.55. The number of rotatable bonds is 5. The number of anilines is 1. The van der Waals surface area contributed by atoms with Crippen LogP contribution in [-0.2, 0) is 0 Å². The Morgan fingerprint density at radius 1 is 1.56 bits per heavy atom. The Morgan fingerprint density at radius 3 is 2.89 bits per heavy atom. The van der Waals surface area contributed by atoms with Crippen LogP contribution in [0.3, 0.4) is 0 Å². The number of carbonyl (C=O) groups is 1. The summed E-state index contributed by atoms with van der Waals surface area (Å²) in [5.41, 5.74) is 1.87. The molecular formula is C14H21N3O.